The van der Waals surface area contributed by atoms with Gasteiger partial charge in [-0.1, -0.05) is 39.0 Å². The van der Waals surface area contributed by atoms with Gasteiger partial charge in [0.05, 0.1) is 10.8 Å². The van der Waals surface area contributed by atoms with E-state index in [1.54, 1.807) is 41.3 Å². The molecule has 2 amide bonds. The van der Waals surface area contributed by atoms with Gasteiger partial charge in [0.2, 0.25) is 5.91 Å². The van der Waals surface area contributed by atoms with Crippen LogP contribution in [-0.2, 0) is 14.8 Å². The van der Waals surface area contributed by atoms with E-state index in [0.29, 0.717) is 36.8 Å². The van der Waals surface area contributed by atoms with Gasteiger partial charge in [-0.05, 0) is 61.1 Å². The number of nitrogens with zero attached hydrogens (tertiary/aromatic N) is 1. The van der Waals surface area contributed by atoms with Crippen molar-refractivity contribution in [2.24, 2.45) is 5.92 Å². The molecule has 178 valence electrons. The Kier molecular flexibility index (Phi) is 8.13. The lowest BCUT2D eigenvalue weighted by atomic mass is 9.96. The first-order chi connectivity index (χ1) is 15.7. The number of piperidine rings is 1. The van der Waals surface area contributed by atoms with Crippen LogP contribution in [0.2, 0.25) is 0 Å². The number of carbonyl (C=O) groups excluding carboxylic acids is 2. The molecular weight excluding hydrogens is 438 g/mol. The molecule has 0 saturated carbocycles. The van der Waals surface area contributed by atoms with Crippen molar-refractivity contribution in [3.8, 4) is 0 Å². The van der Waals surface area contributed by atoms with Gasteiger partial charge in [0.25, 0.3) is 15.9 Å². The molecule has 0 radical (unpaired) electrons. The molecule has 7 nitrogen and oxygen atoms in total. The summed E-state index contributed by atoms with van der Waals surface area (Å²) in [4.78, 5) is 27.3. The number of rotatable bonds is 8. The highest BCUT2D eigenvalue weighted by Gasteiger charge is 2.29. The summed E-state index contributed by atoms with van der Waals surface area (Å²) in [7, 11) is -3.78. The van der Waals surface area contributed by atoms with Gasteiger partial charge in [-0.25, -0.2) is 8.42 Å². The maximum absolute atomic E-state index is 13.1. The molecule has 0 spiro atoms. The Balaban J connectivity index is 1.71. The van der Waals surface area contributed by atoms with Gasteiger partial charge in [0, 0.05) is 30.9 Å². The normalized spacial score (nSPS) is 16.5. The van der Waals surface area contributed by atoms with Crippen molar-refractivity contribution < 1.29 is 18.0 Å². The smallest absolute Gasteiger partial charge is 0.261 e. The Morgan fingerprint density at radius 3 is 2.52 bits per heavy atom. The molecule has 33 heavy (non-hydrogen) atoms. The third-order valence-electron chi connectivity index (χ3n) is 5.85. The van der Waals surface area contributed by atoms with Crippen LogP contribution in [0.3, 0.4) is 0 Å². The lowest BCUT2D eigenvalue weighted by Crippen LogP contribution is -2.45. The molecule has 1 atom stereocenters. The minimum absolute atomic E-state index is 0.0145. The van der Waals surface area contributed by atoms with Crippen LogP contribution in [0.15, 0.2) is 53.4 Å². The molecule has 8 heteroatoms. The lowest BCUT2D eigenvalue weighted by molar-refractivity contribution is -0.126. The van der Waals surface area contributed by atoms with Crippen LogP contribution >= 0.6 is 0 Å². The molecule has 0 unspecified atom stereocenters. The highest BCUT2D eigenvalue weighted by atomic mass is 32.2. The van der Waals surface area contributed by atoms with Gasteiger partial charge in [-0.2, -0.15) is 0 Å². The fourth-order valence-corrected chi connectivity index (χ4v) is 4.96. The molecule has 2 aromatic rings. The zero-order valence-corrected chi connectivity index (χ0v) is 20.3. The van der Waals surface area contributed by atoms with E-state index in [1.165, 1.54) is 0 Å². The summed E-state index contributed by atoms with van der Waals surface area (Å²) < 4.78 is 28.2. The Hall–Kier alpha value is -2.87. The van der Waals surface area contributed by atoms with Gasteiger partial charge >= 0.3 is 0 Å². The van der Waals surface area contributed by atoms with Gasteiger partial charge in [0.1, 0.15) is 0 Å². The third-order valence-corrected chi connectivity index (χ3v) is 7.24. The predicted octanol–water partition coefficient (Wildman–Crippen LogP) is 3.99. The fraction of sp³-hybridized carbons (Fsp3) is 0.440. The number of likely N-dealkylation sites (tertiary alicyclic amines) is 1. The molecular formula is C25H33N3O4S. The van der Waals surface area contributed by atoms with Crippen molar-refractivity contribution >= 4 is 27.5 Å². The number of anilines is 1. The predicted molar refractivity (Wildman–Crippen MR) is 130 cm³/mol. The second kappa shape index (κ2) is 10.8. The van der Waals surface area contributed by atoms with Crippen LogP contribution in [0.5, 0.6) is 0 Å². The number of carbonyl (C=O) groups is 2. The molecule has 1 aliphatic heterocycles. The Morgan fingerprint density at radius 1 is 1.12 bits per heavy atom. The van der Waals surface area contributed by atoms with Crippen LogP contribution in [0, 0.1) is 5.92 Å². The molecule has 0 aromatic heterocycles. The molecule has 2 N–H and O–H groups in total. The summed E-state index contributed by atoms with van der Waals surface area (Å²) in [6.45, 7) is 7.67. The first-order valence-electron chi connectivity index (χ1n) is 11.5. The maximum Gasteiger partial charge on any atom is 0.261 e. The summed E-state index contributed by atoms with van der Waals surface area (Å²) in [6.07, 6.45) is 2.38. The van der Waals surface area contributed by atoms with E-state index in [0.717, 1.165) is 24.8 Å². The lowest BCUT2D eigenvalue weighted by Gasteiger charge is -2.32. The standard InChI is InChI=1S/C25H33N3O4S/c1-4-14-26-24(29)21-8-6-15-28(17-21)25(30)20-7-5-9-22(16-20)27-33(31,32)23-12-10-19(11-13-23)18(2)3/h5,7,9-13,16,18,21,27H,4,6,8,14-15,17H2,1-3H3,(H,26,29)/t21-/m1/s1. The number of nitrogens with one attached hydrogen (secondary N) is 2. The van der Waals surface area contributed by atoms with E-state index >= 15 is 0 Å². The molecule has 2 aromatic carbocycles. The highest BCUT2D eigenvalue weighted by Crippen LogP contribution is 2.23. The van der Waals surface area contributed by atoms with E-state index in [9.17, 15) is 18.0 Å². The van der Waals surface area contributed by atoms with E-state index < -0.39 is 10.0 Å². The van der Waals surface area contributed by atoms with Crippen molar-refractivity contribution in [1.82, 2.24) is 10.2 Å². The minimum Gasteiger partial charge on any atom is -0.356 e. The van der Waals surface area contributed by atoms with E-state index in [-0.39, 0.29) is 22.6 Å². The minimum atomic E-state index is -3.78. The molecule has 1 saturated heterocycles. The molecule has 0 aliphatic carbocycles. The van der Waals surface area contributed by atoms with Crippen molar-refractivity contribution in [2.45, 2.75) is 50.8 Å². The van der Waals surface area contributed by atoms with Gasteiger partial charge < -0.3 is 10.2 Å². The van der Waals surface area contributed by atoms with Crippen LogP contribution in [0.4, 0.5) is 5.69 Å². The molecule has 1 heterocycles. The Morgan fingerprint density at radius 2 is 1.85 bits per heavy atom. The highest BCUT2D eigenvalue weighted by molar-refractivity contribution is 7.92. The first-order valence-corrected chi connectivity index (χ1v) is 13.0. The van der Waals surface area contributed by atoms with Gasteiger partial charge in [-0.3, -0.25) is 14.3 Å². The van der Waals surface area contributed by atoms with Crippen molar-refractivity contribution in [3.63, 3.8) is 0 Å². The first kappa shape index (κ1) is 24.8. The molecule has 1 aliphatic rings. The Labute approximate surface area is 196 Å². The average molecular weight is 472 g/mol. The van der Waals surface area contributed by atoms with Crippen LogP contribution in [-0.4, -0.2) is 44.8 Å². The number of sulfonamides is 1. The van der Waals surface area contributed by atoms with Crippen molar-refractivity contribution in [1.29, 1.82) is 0 Å². The van der Waals surface area contributed by atoms with Crippen LogP contribution < -0.4 is 10.0 Å². The number of hydrogen-bond acceptors (Lipinski definition) is 4. The summed E-state index contributed by atoms with van der Waals surface area (Å²) in [5.74, 6) is -0.126. The average Bonchev–Trinajstić information content (AvgIpc) is 2.82. The monoisotopic (exact) mass is 471 g/mol. The zero-order valence-electron chi connectivity index (χ0n) is 19.5. The van der Waals surface area contributed by atoms with Crippen LogP contribution in [0.25, 0.3) is 0 Å². The third kappa shape index (κ3) is 6.35. The number of benzene rings is 2. The van der Waals surface area contributed by atoms with Gasteiger partial charge in [-0.15, -0.1) is 0 Å². The van der Waals surface area contributed by atoms with Crippen molar-refractivity contribution in [3.05, 3.63) is 59.7 Å². The fourth-order valence-electron chi connectivity index (χ4n) is 3.91. The summed E-state index contributed by atoms with van der Waals surface area (Å²) in [5, 5.41) is 2.91. The van der Waals surface area contributed by atoms with Crippen LogP contribution in [0.1, 0.15) is 61.9 Å². The largest absolute Gasteiger partial charge is 0.356 e. The second-order valence-corrected chi connectivity index (χ2v) is 10.5. The van der Waals surface area contributed by atoms with E-state index in [2.05, 4.69) is 10.0 Å². The maximum atomic E-state index is 13.1. The zero-order chi connectivity index (χ0) is 24.0. The summed E-state index contributed by atoms with van der Waals surface area (Å²) >= 11 is 0. The quantitative estimate of drug-likeness (QED) is 0.609. The van der Waals surface area contributed by atoms with E-state index in [4.69, 9.17) is 0 Å². The van der Waals surface area contributed by atoms with E-state index in [1.807, 2.05) is 32.9 Å². The Bertz CT molecular complexity index is 1080. The summed E-state index contributed by atoms with van der Waals surface area (Å²) in [6, 6.07) is 13.3. The molecule has 0 bridgehead atoms. The SMILES string of the molecule is CCCNC(=O)[C@@H]1CCCN(C(=O)c2cccc(NS(=O)(=O)c3ccc(C(C)C)cc3)c2)C1. The molecule has 3 rings (SSSR count). The topological polar surface area (TPSA) is 95.6 Å². The molecule has 1 fully saturated rings. The number of amides is 2. The second-order valence-electron chi connectivity index (χ2n) is 8.79. The summed E-state index contributed by atoms with van der Waals surface area (Å²) in [5.41, 5.74) is 1.77. The van der Waals surface area contributed by atoms with Crippen molar-refractivity contribution in [2.75, 3.05) is 24.4 Å². The van der Waals surface area contributed by atoms with Gasteiger partial charge in [0.15, 0.2) is 0 Å². The number of hydrogen-bond donors (Lipinski definition) is 2.